The summed E-state index contributed by atoms with van der Waals surface area (Å²) in [5, 5.41) is 1.05. The molecule has 2 aromatic rings. The second kappa shape index (κ2) is 4.14. The van der Waals surface area contributed by atoms with Crippen LogP contribution in [0, 0.1) is 0 Å². The van der Waals surface area contributed by atoms with E-state index in [1.54, 1.807) is 12.4 Å². The van der Waals surface area contributed by atoms with Crippen molar-refractivity contribution in [2.24, 2.45) is 0 Å². The fourth-order valence-corrected chi connectivity index (χ4v) is 2.04. The average Bonchev–Trinajstić information content (AvgIpc) is 2.39. The molecule has 0 amide bonds. The predicted octanol–water partition coefficient (Wildman–Crippen LogP) is 1.92. The van der Waals surface area contributed by atoms with Crippen molar-refractivity contribution in [2.75, 3.05) is 13.2 Å². The molecule has 3 heterocycles. The Bertz CT molecular complexity index is 494. The Hall–Kier alpha value is -1.55. The summed E-state index contributed by atoms with van der Waals surface area (Å²) in [7, 11) is 0. The van der Waals surface area contributed by atoms with Crippen LogP contribution in [0.5, 0.6) is 0 Å². The first-order valence-electron chi connectivity index (χ1n) is 5.58. The molecule has 16 heavy (non-hydrogen) atoms. The summed E-state index contributed by atoms with van der Waals surface area (Å²) in [6.45, 7) is 1.64. The molecule has 1 fully saturated rings. The number of pyridine rings is 1. The van der Waals surface area contributed by atoms with Crippen LogP contribution in [0.25, 0.3) is 10.9 Å². The third-order valence-electron chi connectivity index (χ3n) is 2.99. The zero-order valence-corrected chi connectivity index (χ0v) is 8.97. The van der Waals surface area contributed by atoms with Crippen molar-refractivity contribution in [3.05, 3.63) is 30.5 Å². The van der Waals surface area contributed by atoms with Gasteiger partial charge in [-0.3, -0.25) is 4.98 Å². The zero-order chi connectivity index (χ0) is 10.8. The smallest absolute Gasteiger partial charge is 0.132 e. The van der Waals surface area contributed by atoms with Gasteiger partial charge in [0.15, 0.2) is 0 Å². The Kier molecular flexibility index (Phi) is 2.50. The number of hydrogen-bond donors (Lipinski definition) is 0. The highest BCUT2D eigenvalue weighted by Gasteiger charge is 2.18. The summed E-state index contributed by atoms with van der Waals surface area (Å²) in [6.07, 6.45) is 7.48. The van der Waals surface area contributed by atoms with E-state index < -0.39 is 0 Å². The number of rotatable bonds is 1. The third kappa shape index (κ3) is 1.76. The molecule has 3 rings (SSSR count). The van der Waals surface area contributed by atoms with Crippen LogP contribution in [-0.4, -0.2) is 28.2 Å². The number of hydrogen-bond acceptors (Lipinski definition) is 4. The number of aromatic nitrogens is 3. The minimum atomic E-state index is 0.443. The molecule has 0 bridgehead atoms. The molecule has 4 nitrogen and oxygen atoms in total. The van der Waals surface area contributed by atoms with Gasteiger partial charge in [-0.05, 0) is 18.9 Å². The quantitative estimate of drug-likeness (QED) is 0.729. The number of nitrogens with zero attached hydrogens (tertiary/aromatic N) is 3. The minimum absolute atomic E-state index is 0.443. The van der Waals surface area contributed by atoms with Crippen molar-refractivity contribution in [3.63, 3.8) is 0 Å². The van der Waals surface area contributed by atoms with E-state index >= 15 is 0 Å². The van der Waals surface area contributed by atoms with Crippen LogP contribution in [0.1, 0.15) is 24.6 Å². The summed E-state index contributed by atoms with van der Waals surface area (Å²) in [5.74, 6) is 1.38. The Morgan fingerprint density at radius 1 is 1.19 bits per heavy atom. The van der Waals surface area contributed by atoms with Gasteiger partial charge in [0.05, 0.1) is 11.7 Å². The summed E-state index contributed by atoms with van der Waals surface area (Å²) in [4.78, 5) is 13.1. The summed E-state index contributed by atoms with van der Waals surface area (Å²) < 4.78 is 5.34. The first-order chi connectivity index (χ1) is 7.93. The van der Waals surface area contributed by atoms with E-state index in [-0.39, 0.29) is 0 Å². The Morgan fingerprint density at radius 2 is 2.06 bits per heavy atom. The van der Waals surface area contributed by atoms with Gasteiger partial charge in [0.2, 0.25) is 0 Å². The van der Waals surface area contributed by atoms with Crippen LogP contribution in [0.3, 0.4) is 0 Å². The van der Waals surface area contributed by atoms with Crippen molar-refractivity contribution in [1.29, 1.82) is 0 Å². The van der Waals surface area contributed by atoms with Crippen LogP contribution in [-0.2, 0) is 4.74 Å². The second-order valence-electron chi connectivity index (χ2n) is 4.05. The van der Waals surface area contributed by atoms with Crippen molar-refractivity contribution in [2.45, 2.75) is 18.8 Å². The first kappa shape index (κ1) is 9.66. The maximum Gasteiger partial charge on any atom is 0.132 e. The average molecular weight is 215 g/mol. The van der Waals surface area contributed by atoms with Gasteiger partial charge >= 0.3 is 0 Å². The fraction of sp³-hybridized carbons (Fsp3) is 0.417. The Morgan fingerprint density at radius 3 is 2.94 bits per heavy atom. The molecule has 4 heteroatoms. The standard InChI is InChI=1S/C12H13N3O/c1-4-13-8-11-10(1)7-14-12(15-11)9-2-5-16-6-3-9/h1,4,7-9H,2-3,5-6H2. The summed E-state index contributed by atoms with van der Waals surface area (Å²) >= 11 is 0. The van der Waals surface area contributed by atoms with Crippen LogP contribution in [0.2, 0.25) is 0 Å². The van der Waals surface area contributed by atoms with Crippen LogP contribution >= 0.6 is 0 Å². The van der Waals surface area contributed by atoms with E-state index in [1.807, 2.05) is 12.3 Å². The highest BCUT2D eigenvalue weighted by Crippen LogP contribution is 2.24. The summed E-state index contributed by atoms with van der Waals surface area (Å²) in [5.41, 5.74) is 0.930. The molecule has 0 atom stereocenters. The van der Waals surface area contributed by atoms with Gasteiger partial charge in [-0.25, -0.2) is 9.97 Å². The van der Waals surface area contributed by atoms with Gasteiger partial charge in [0.25, 0.3) is 0 Å². The van der Waals surface area contributed by atoms with Gasteiger partial charge < -0.3 is 4.74 Å². The molecule has 82 valence electrons. The van der Waals surface area contributed by atoms with Crippen LogP contribution in [0.4, 0.5) is 0 Å². The van der Waals surface area contributed by atoms with E-state index in [0.717, 1.165) is 42.8 Å². The van der Waals surface area contributed by atoms with Crippen molar-refractivity contribution in [1.82, 2.24) is 15.0 Å². The molecule has 0 aliphatic carbocycles. The van der Waals surface area contributed by atoms with Gasteiger partial charge in [-0.1, -0.05) is 0 Å². The third-order valence-corrected chi connectivity index (χ3v) is 2.99. The molecule has 0 unspecified atom stereocenters. The topological polar surface area (TPSA) is 47.9 Å². The van der Waals surface area contributed by atoms with Crippen LogP contribution < -0.4 is 0 Å². The Balaban J connectivity index is 1.97. The van der Waals surface area contributed by atoms with Crippen molar-refractivity contribution in [3.8, 4) is 0 Å². The van der Waals surface area contributed by atoms with E-state index in [4.69, 9.17) is 4.74 Å². The molecule has 0 N–H and O–H groups in total. The highest BCUT2D eigenvalue weighted by atomic mass is 16.5. The lowest BCUT2D eigenvalue weighted by atomic mass is 9.99. The van der Waals surface area contributed by atoms with Crippen molar-refractivity contribution >= 4 is 10.9 Å². The molecule has 1 aliphatic heterocycles. The molecule has 0 radical (unpaired) electrons. The lowest BCUT2D eigenvalue weighted by molar-refractivity contribution is 0.0836. The van der Waals surface area contributed by atoms with Gasteiger partial charge in [0.1, 0.15) is 5.82 Å². The molecule has 2 aromatic heterocycles. The molecular weight excluding hydrogens is 202 g/mol. The lowest BCUT2D eigenvalue weighted by Crippen LogP contribution is -2.16. The van der Waals surface area contributed by atoms with Gasteiger partial charge in [0, 0.05) is 36.9 Å². The van der Waals surface area contributed by atoms with E-state index in [0.29, 0.717) is 5.92 Å². The first-order valence-corrected chi connectivity index (χ1v) is 5.58. The summed E-state index contributed by atoms with van der Waals surface area (Å²) in [6, 6.07) is 1.93. The number of fused-ring (bicyclic) bond motifs is 1. The zero-order valence-electron chi connectivity index (χ0n) is 8.97. The normalized spacial score (nSPS) is 17.8. The lowest BCUT2D eigenvalue weighted by Gasteiger charge is -2.20. The predicted molar refractivity (Wildman–Crippen MR) is 60.1 cm³/mol. The largest absolute Gasteiger partial charge is 0.381 e. The molecule has 0 spiro atoms. The van der Waals surface area contributed by atoms with Crippen LogP contribution in [0.15, 0.2) is 24.7 Å². The van der Waals surface area contributed by atoms with E-state index in [1.165, 1.54) is 0 Å². The fourth-order valence-electron chi connectivity index (χ4n) is 2.04. The second-order valence-corrected chi connectivity index (χ2v) is 4.05. The SMILES string of the molecule is c1cc2cnc(C3CCOCC3)nc2cn1. The number of ether oxygens (including phenoxy) is 1. The highest BCUT2D eigenvalue weighted by molar-refractivity contribution is 5.76. The maximum absolute atomic E-state index is 5.34. The minimum Gasteiger partial charge on any atom is -0.381 e. The molecule has 0 saturated carbocycles. The monoisotopic (exact) mass is 215 g/mol. The molecule has 1 aliphatic rings. The van der Waals surface area contributed by atoms with Gasteiger partial charge in [-0.15, -0.1) is 0 Å². The Labute approximate surface area is 93.7 Å². The van der Waals surface area contributed by atoms with Crippen molar-refractivity contribution < 1.29 is 4.74 Å². The molecule has 1 saturated heterocycles. The van der Waals surface area contributed by atoms with E-state index in [2.05, 4.69) is 15.0 Å². The van der Waals surface area contributed by atoms with Gasteiger partial charge in [-0.2, -0.15) is 0 Å². The molecular formula is C12H13N3O. The van der Waals surface area contributed by atoms with E-state index in [9.17, 15) is 0 Å². The maximum atomic E-state index is 5.34. The molecule has 0 aromatic carbocycles.